The summed E-state index contributed by atoms with van der Waals surface area (Å²) in [5.41, 5.74) is 3.40. The first kappa shape index (κ1) is 15.2. The number of benzene rings is 2. The summed E-state index contributed by atoms with van der Waals surface area (Å²) in [7, 11) is 0. The molecule has 1 aliphatic rings. The highest BCUT2D eigenvalue weighted by atomic mass is 16.7. The molecule has 4 heteroatoms. The van der Waals surface area contributed by atoms with E-state index in [-0.39, 0.29) is 12.7 Å². The van der Waals surface area contributed by atoms with Crippen molar-refractivity contribution >= 4 is 0 Å². The van der Waals surface area contributed by atoms with Crippen LogP contribution in [-0.2, 0) is 0 Å². The van der Waals surface area contributed by atoms with E-state index in [1.165, 1.54) is 5.56 Å². The second kappa shape index (κ2) is 6.62. The second-order valence-corrected chi connectivity index (χ2v) is 5.69. The molecule has 0 aliphatic carbocycles. The zero-order chi connectivity index (χ0) is 16.2. The average molecular weight is 309 g/mol. The first-order chi connectivity index (χ1) is 11.2. The van der Waals surface area contributed by atoms with Crippen molar-refractivity contribution in [2.75, 3.05) is 13.4 Å². The van der Waals surface area contributed by atoms with E-state index in [4.69, 9.17) is 14.2 Å². The Labute approximate surface area is 136 Å². The average Bonchev–Trinajstić information content (AvgIpc) is 3.02. The molecule has 0 saturated heterocycles. The SMILES string of the molecule is Cc1ccc(C)c(C(C#N)CCOc2ccc3c(c2)OCO3)c1. The van der Waals surface area contributed by atoms with Crippen LogP contribution in [0.1, 0.15) is 29.0 Å². The molecular weight excluding hydrogens is 290 g/mol. The fraction of sp³-hybridized carbons (Fsp3) is 0.316. The molecule has 1 atom stereocenters. The largest absolute Gasteiger partial charge is 0.493 e. The zero-order valence-corrected chi connectivity index (χ0v) is 13.3. The molecular formula is C19H19NO3. The van der Waals surface area contributed by atoms with Gasteiger partial charge < -0.3 is 14.2 Å². The summed E-state index contributed by atoms with van der Waals surface area (Å²) in [6.45, 7) is 4.81. The highest BCUT2D eigenvalue weighted by molar-refractivity contribution is 5.46. The fourth-order valence-corrected chi connectivity index (χ4v) is 2.69. The molecule has 0 bridgehead atoms. The Morgan fingerprint density at radius 2 is 1.96 bits per heavy atom. The van der Waals surface area contributed by atoms with Gasteiger partial charge in [-0.15, -0.1) is 0 Å². The molecule has 3 rings (SSSR count). The highest BCUT2D eigenvalue weighted by Crippen LogP contribution is 2.35. The molecule has 1 aliphatic heterocycles. The molecule has 0 radical (unpaired) electrons. The second-order valence-electron chi connectivity index (χ2n) is 5.69. The molecule has 23 heavy (non-hydrogen) atoms. The van der Waals surface area contributed by atoms with Gasteiger partial charge in [-0.2, -0.15) is 5.26 Å². The molecule has 0 spiro atoms. The Bertz CT molecular complexity index is 749. The van der Waals surface area contributed by atoms with E-state index in [1.807, 2.05) is 32.0 Å². The van der Waals surface area contributed by atoms with Crippen LogP contribution in [0.25, 0.3) is 0 Å². The van der Waals surface area contributed by atoms with Crippen LogP contribution in [0.15, 0.2) is 36.4 Å². The molecule has 0 amide bonds. The van der Waals surface area contributed by atoms with Crippen molar-refractivity contribution in [2.24, 2.45) is 0 Å². The summed E-state index contributed by atoms with van der Waals surface area (Å²) >= 11 is 0. The van der Waals surface area contributed by atoms with Crippen molar-refractivity contribution in [3.63, 3.8) is 0 Å². The Kier molecular flexibility index (Phi) is 4.38. The van der Waals surface area contributed by atoms with Crippen molar-refractivity contribution in [1.29, 1.82) is 5.26 Å². The molecule has 2 aromatic rings. The van der Waals surface area contributed by atoms with Crippen LogP contribution in [0, 0.1) is 25.2 Å². The number of hydrogen-bond donors (Lipinski definition) is 0. The molecule has 2 aromatic carbocycles. The predicted octanol–water partition coefficient (Wildman–Crippen LogP) is 4.11. The summed E-state index contributed by atoms with van der Waals surface area (Å²) in [6.07, 6.45) is 0.648. The van der Waals surface area contributed by atoms with Crippen LogP contribution in [0.2, 0.25) is 0 Å². The van der Waals surface area contributed by atoms with E-state index in [1.54, 1.807) is 0 Å². The number of rotatable bonds is 5. The number of fused-ring (bicyclic) bond motifs is 1. The Morgan fingerprint density at radius 3 is 2.78 bits per heavy atom. The third-order valence-corrected chi connectivity index (χ3v) is 3.99. The van der Waals surface area contributed by atoms with E-state index in [0.717, 1.165) is 22.6 Å². The van der Waals surface area contributed by atoms with Gasteiger partial charge in [-0.25, -0.2) is 0 Å². The third kappa shape index (κ3) is 3.40. The maximum atomic E-state index is 9.48. The minimum Gasteiger partial charge on any atom is -0.493 e. The lowest BCUT2D eigenvalue weighted by atomic mass is 9.92. The molecule has 118 valence electrons. The third-order valence-electron chi connectivity index (χ3n) is 3.99. The standard InChI is InChI=1S/C19H19NO3/c1-13-3-4-14(2)17(9-13)15(11-20)7-8-21-16-5-6-18-19(10-16)23-12-22-18/h3-6,9-10,15H,7-8,12H2,1-2H3. The molecule has 4 nitrogen and oxygen atoms in total. The molecule has 1 unspecified atom stereocenters. The minimum absolute atomic E-state index is 0.163. The quantitative estimate of drug-likeness (QED) is 0.834. The van der Waals surface area contributed by atoms with Gasteiger partial charge in [0.1, 0.15) is 5.75 Å². The summed E-state index contributed by atoms with van der Waals surface area (Å²) in [4.78, 5) is 0. The maximum Gasteiger partial charge on any atom is 0.231 e. The van der Waals surface area contributed by atoms with Crippen molar-refractivity contribution in [1.82, 2.24) is 0 Å². The zero-order valence-electron chi connectivity index (χ0n) is 13.3. The number of hydrogen-bond acceptors (Lipinski definition) is 4. The first-order valence-corrected chi connectivity index (χ1v) is 7.66. The first-order valence-electron chi connectivity index (χ1n) is 7.66. The lowest BCUT2D eigenvalue weighted by Crippen LogP contribution is -2.06. The normalized spacial score (nSPS) is 13.4. The summed E-state index contributed by atoms with van der Waals surface area (Å²) < 4.78 is 16.4. The molecule has 0 saturated carbocycles. The highest BCUT2D eigenvalue weighted by Gasteiger charge is 2.16. The van der Waals surface area contributed by atoms with Crippen LogP contribution in [-0.4, -0.2) is 13.4 Å². The Hall–Kier alpha value is -2.67. The van der Waals surface area contributed by atoms with Gasteiger partial charge in [-0.3, -0.25) is 0 Å². The van der Waals surface area contributed by atoms with Crippen molar-refractivity contribution in [3.8, 4) is 23.3 Å². The predicted molar refractivity (Wildman–Crippen MR) is 86.9 cm³/mol. The summed E-state index contributed by atoms with van der Waals surface area (Å²) in [5.74, 6) is 2.01. The van der Waals surface area contributed by atoms with Gasteiger partial charge in [0.05, 0.1) is 18.6 Å². The van der Waals surface area contributed by atoms with E-state index in [9.17, 15) is 5.26 Å². The van der Waals surface area contributed by atoms with Crippen LogP contribution in [0.3, 0.4) is 0 Å². The molecule has 0 aromatic heterocycles. The molecule has 0 fully saturated rings. The van der Waals surface area contributed by atoms with Gasteiger partial charge >= 0.3 is 0 Å². The fourth-order valence-electron chi connectivity index (χ4n) is 2.69. The number of nitrogens with zero attached hydrogens (tertiary/aromatic N) is 1. The van der Waals surface area contributed by atoms with Gasteiger partial charge in [0.2, 0.25) is 6.79 Å². The van der Waals surface area contributed by atoms with Crippen LogP contribution in [0.5, 0.6) is 17.2 Å². The monoisotopic (exact) mass is 309 g/mol. The Balaban J connectivity index is 1.63. The van der Waals surface area contributed by atoms with Gasteiger partial charge in [-0.1, -0.05) is 23.8 Å². The molecule has 0 N–H and O–H groups in total. The van der Waals surface area contributed by atoms with Gasteiger partial charge in [0.25, 0.3) is 0 Å². The van der Waals surface area contributed by atoms with Crippen LogP contribution in [0.4, 0.5) is 0 Å². The number of ether oxygens (including phenoxy) is 3. The lowest BCUT2D eigenvalue weighted by Gasteiger charge is -2.14. The van der Waals surface area contributed by atoms with Crippen molar-refractivity contribution in [2.45, 2.75) is 26.2 Å². The van der Waals surface area contributed by atoms with Gasteiger partial charge in [0, 0.05) is 12.5 Å². The summed E-state index contributed by atoms with van der Waals surface area (Å²) in [6, 6.07) is 14.1. The van der Waals surface area contributed by atoms with Gasteiger partial charge in [-0.05, 0) is 37.1 Å². The topological polar surface area (TPSA) is 51.5 Å². The maximum absolute atomic E-state index is 9.48. The van der Waals surface area contributed by atoms with E-state index in [2.05, 4.69) is 24.3 Å². The van der Waals surface area contributed by atoms with Gasteiger partial charge in [0.15, 0.2) is 11.5 Å². The van der Waals surface area contributed by atoms with Crippen LogP contribution < -0.4 is 14.2 Å². The summed E-state index contributed by atoms with van der Waals surface area (Å²) in [5, 5.41) is 9.48. The molecule has 1 heterocycles. The number of nitriles is 1. The lowest BCUT2D eigenvalue weighted by molar-refractivity contribution is 0.173. The van der Waals surface area contributed by atoms with E-state index >= 15 is 0 Å². The minimum atomic E-state index is -0.163. The number of aryl methyl sites for hydroxylation is 2. The smallest absolute Gasteiger partial charge is 0.231 e. The van der Waals surface area contributed by atoms with E-state index < -0.39 is 0 Å². The Morgan fingerprint density at radius 1 is 1.13 bits per heavy atom. The van der Waals surface area contributed by atoms with Crippen molar-refractivity contribution < 1.29 is 14.2 Å². The van der Waals surface area contributed by atoms with E-state index in [0.29, 0.717) is 18.8 Å². The van der Waals surface area contributed by atoms with Crippen molar-refractivity contribution in [3.05, 3.63) is 53.1 Å². The van der Waals surface area contributed by atoms with Crippen LogP contribution >= 0.6 is 0 Å².